The molecule has 0 atom stereocenters. The van der Waals surface area contributed by atoms with E-state index in [1.807, 2.05) is 52.0 Å². The first-order chi connectivity index (χ1) is 18.1. The first-order valence-electron chi connectivity index (χ1n) is 12.0. The van der Waals surface area contributed by atoms with Gasteiger partial charge in [0.1, 0.15) is 6.54 Å². The average Bonchev–Trinajstić information content (AvgIpc) is 3.17. The van der Waals surface area contributed by atoms with Gasteiger partial charge in [0.2, 0.25) is 0 Å². The van der Waals surface area contributed by atoms with E-state index in [4.69, 9.17) is 11.6 Å². The van der Waals surface area contributed by atoms with Crippen molar-refractivity contribution < 1.29 is 13.2 Å². The number of halogens is 1. The van der Waals surface area contributed by atoms with Gasteiger partial charge in [-0.25, -0.2) is 13.8 Å². The van der Waals surface area contributed by atoms with Gasteiger partial charge in [0.25, 0.3) is 15.9 Å². The van der Waals surface area contributed by atoms with Gasteiger partial charge in [0.05, 0.1) is 16.8 Å². The minimum absolute atomic E-state index is 0.0663. The van der Waals surface area contributed by atoms with Crippen LogP contribution in [0.4, 0.5) is 5.69 Å². The van der Waals surface area contributed by atoms with E-state index in [1.165, 1.54) is 18.2 Å². The molecule has 4 rings (SSSR count). The lowest BCUT2D eigenvalue weighted by molar-refractivity contribution is -0.119. The molecule has 0 unspecified atom stereocenters. The van der Waals surface area contributed by atoms with E-state index in [9.17, 15) is 13.2 Å². The molecule has 3 aromatic carbocycles. The summed E-state index contributed by atoms with van der Waals surface area (Å²) in [7, 11) is -4.04. The summed E-state index contributed by atoms with van der Waals surface area (Å²) in [5.41, 5.74) is 8.57. The van der Waals surface area contributed by atoms with Crippen molar-refractivity contribution in [2.45, 2.75) is 32.6 Å². The van der Waals surface area contributed by atoms with E-state index >= 15 is 0 Å². The molecule has 1 aromatic heterocycles. The number of amides is 1. The van der Waals surface area contributed by atoms with E-state index in [0.717, 1.165) is 38.1 Å². The molecule has 0 aliphatic rings. The Hall–Kier alpha value is -3.88. The number of rotatable bonds is 8. The van der Waals surface area contributed by atoms with Crippen LogP contribution in [-0.4, -0.2) is 31.7 Å². The molecule has 0 bridgehead atoms. The van der Waals surface area contributed by atoms with E-state index in [0.29, 0.717) is 5.02 Å². The maximum Gasteiger partial charge on any atom is 0.264 e. The molecule has 0 aliphatic carbocycles. The summed E-state index contributed by atoms with van der Waals surface area (Å²) < 4.78 is 30.1. The topological polar surface area (TPSA) is 83.8 Å². The molecule has 0 radical (unpaired) electrons. The van der Waals surface area contributed by atoms with Crippen LogP contribution in [0.3, 0.4) is 0 Å². The molecule has 0 saturated carbocycles. The van der Waals surface area contributed by atoms with Crippen molar-refractivity contribution in [3.8, 4) is 5.69 Å². The molecule has 0 saturated heterocycles. The van der Waals surface area contributed by atoms with Gasteiger partial charge in [-0.3, -0.25) is 9.10 Å². The monoisotopic (exact) mass is 548 g/mol. The number of hydrazone groups is 1. The van der Waals surface area contributed by atoms with Crippen molar-refractivity contribution in [3.05, 3.63) is 112 Å². The highest BCUT2D eigenvalue weighted by atomic mass is 35.5. The molecule has 1 heterocycles. The Morgan fingerprint density at radius 2 is 1.71 bits per heavy atom. The zero-order valence-corrected chi connectivity index (χ0v) is 23.2. The standard InChI is InChI=1S/C29H29ClN4O3S/c1-20-9-8-10-26(15-20)34-22(3)16-24(23(34)4)18-31-32-29(35)19-33(25-14-13-21(2)28(30)17-25)38(36,37)27-11-6-5-7-12-27/h5-18H,19H2,1-4H3,(H,32,35)/b31-18-. The number of carbonyl (C=O) groups is 1. The number of anilines is 1. The van der Waals surface area contributed by atoms with Gasteiger partial charge < -0.3 is 4.57 Å². The normalized spacial score (nSPS) is 11.6. The van der Waals surface area contributed by atoms with E-state index in [2.05, 4.69) is 21.2 Å². The summed E-state index contributed by atoms with van der Waals surface area (Å²) in [6.45, 7) is 7.37. The summed E-state index contributed by atoms with van der Waals surface area (Å²) in [6, 6.07) is 23.0. The van der Waals surface area contributed by atoms with E-state index in [1.54, 1.807) is 36.5 Å². The maximum absolute atomic E-state index is 13.5. The number of benzene rings is 3. The van der Waals surface area contributed by atoms with Gasteiger partial charge in [0.15, 0.2) is 0 Å². The highest BCUT2D eigenvalue weighted by molar-refractivity contribution is 7.92. The second-order valence-corrected chi connectivity index (χ2v) is 11.3. The predicted molar refractivity (Wildman–Crippen MR) is 153 cm³/mol. The third-order valence-electron chi connectivity index (χ3n) is 6.18. The van der Waals surface area contributed by atoms with Crippen LogP contribution in [0.15, 0.2) is 88.9 Å². The number of carbonyl (C=O) groups excluding carboxylic acids is 1. The minimum Gasteiger partial charge on any atom is -0.318 e. The molecule has 38 heavy (non-hydrogen) atoms. The first kappa shape index (κ1) is 27.2. The molecule has 1 amide bonds. The van der Waals surface area contributed by atoms with E-state index in [-0.39, 0.29) is 10.6 Å². The first-order valence-corrected chi connectivity index (χ1v) is 13.8. The van der Waals surface area contributed by atoms with Gasteiger partial charge in [-0.05, 0) is 81.3 Å². The van der Waals surface area contributed by atoms with Crippen molar-refractivity contribution in [2.24, 2.45) is 5.10 Å². The maximum atomic E-state index is 13.5. The number of nitrogens with one attached hydrogen (secondary N) is 1. The Bertz CT molecular complexity index is 1610. The predicted octanol–water partition coefficient (Wildman–Crippen LogP) is 5.71. The van der Waals surface area contributed by atoms with Crippen molar-refractivity contribution in [1.29, 1.82) is 0 Å². The summed E-state index contributed by atoms with van der Waals surface area (Å²) >= 11 is 6.28. The average molecular weight is 549 g/mol. The molecular formula is C29H29ClN4O3S. The summed E-state index contributed by atoms with van der Waals surface area (Å²) in [5, 5.41) is 4.52. The lowest BCUT2D eigenvalue weighted by atomic mass is 10.2. The van der Waals surface area contributed by atoms with Gasteiger partial charge in [0, 0.05) is 27.7 Å². The van der Waals surface area contributed by atoms with Crippen LogP contribution >= 0.6 is 11.6 Å². The van der Waals surface area contributed by atoms with Gasteiger partial charge in [-0.1, -0.05) is 48.0 Å². The smallest absolute Gasteiger partial charge is 0.264 e. The number of sulfonamides is 1. The van der Waals surface area contributed by atoms with Crippen LogP contribution < -0.4 is 9.73 Å². The molecule has 7 nitrogen and oxygen atoms in total. The zero-order valence-electron chi connectivity index (χ0n) is 21.6. The molecule has 9 heteroatoms. The number of hydrogen-bond acceptors (Lipinski definition) is 4. The van der Waals surface area contributed by atoms with Crippen molar-refractivity contribution in [2.75, 3.05) is 10.8 Å². The van der Waals surface area contributed by atoms with Crippen LogP contribution in [0.2, 0.25) is 5.02 Å². The van der Waals surface area contributed by atoms with Crippen LogP contribution in [0.1, 0.15) is 28.1 Å². The van der Waals surface area contributed by atoms with Gasteiger partial charge in [-0.2, -0.15) is 5.10 Å². The summed E-state index contributed by atoms with van der Waals surface area (Å²) in [6.07, 6.45) is 1.56. The Morgan fingerprint density at radius 3 is 2.39 bits per heavy atom. The SMILES string of the molecule is Cc1cccc(-n2c(C)cc(/C=N\NC(=O)CN(c3ccc(C)c(Cl)c3)S(=O)(=O)c3ccccc3)c2C)c1. The van der Waals surface area contributed by atoms with Crippen molar-refractivity contribution >= 4 is 39.4 Å². The number of aryl methyl sites for hydroxylation is 3. The third-order valence-corrected chi connectivity index (χ3v) is 8.38. The van der Waals surface area contributed by atoms with Crippen LogP contribution in [0.25, 0.3) is 5.69 Å². The van der Waals surface area contributed by atoms with Crippen LogP contribution in [0, 0.1) is 27.7 Å². The fourth-order valence-electron chi connectivity index (χ4n) is 4.19. The lowest BCUT2D eigenvalue weighted by Gasteiger charge is -2.24. The van der Waals surface area contributed by atoms with Crippen LogP contribution in [0.5, 0.6) is 0 Å². The minimum atomic E-state index is -4.04. The molecule has 1 N–H and O–H groups in total. The van der Waals surface area contributed by atoms with Gasteiger partial charge in [-0.15, -0.1) is 0 Å². The largest absolute Gasteiger partial charge is 0.318 e. The number of aromatic nitrogens is 1. The molecule has 196 valence electrons. The molecular weight excluding hydrogens is 520 g/mol. The molecule has 4 aromatic rings. The van der Waals surface area contributed by atoms with Crippen molar-refractivity contribution in [1.82, 2.24) is 9.99 Å². The van der Waals surface area contributed by atoms with Crippen LogP contribution in [-0.2, 0) is 14.8 Å². The van der Waals surface area contributed by atoms with Gasteiger partial charge >= 0.3 is 0 Å². The highest BCUT2D eigenvalue weighted by Gasteiger charge is 2.27. The second-order valence-electron chi connectivity index (χ2n) is 9.05. The number of nitrogens with zero attached hydrogens (tertiary/aromatic N) is 3. The summed E-state index contributed by atoms with van der Waals surface area (Å²) in [4.78, 5) is 13.0. The fourth-order valence-corrected chi connectivity index (χ4v) is 5.80. The highest BCUT2D eigenvalue weighted by Crippen LogP contribution is 2.28. The second kappa shape index (κ2) is 11.2. The molecule has 0 spiro atoms. The number of hydrogen-bond donors (Lipinski definition) is 1. The van der Waals surface area contributed by atoms with E-state index < -0.39 is 22.5 Å². The molecule has 0 fully saturated rings. The Balaban J connectivity index is 1.56. The lowest BCUT2D eigenvalue weighted by Crippen LogP contribution is -2.39. The Labute approximate surface area is 228 Å². The Kier molecular flexibility index (Phi) is 8.04. The quantitative estimate of drug-likeness (QED) is 0.226. The molecule has 0 aliphatic heterocycles. The summed E-state index contributed by atoms with van der Waals surface area (Å²) in [5.74, 6) is -0.593. The zero-order chi connectivity index (χ0) is 27.4. The Morgan fingerprint density at radius 1 is 0.974 bits per heavy atom. The van der Waals surface area contributed by atoms with Crippen molar-refractivity contribution in [3.63, 3.8) is 0 Å². The third kappa shape index (κ3) is 5.82. The fraction of sp³-hybridized carbons (Fsp3) is 0.172.